The minimum absolute atomic E-state index is 0.272. The number of nitrogens with one attached hydrogen (secondary N) is 1. The summed E-state index contributed by atoms with van der Waals surface area (Å²) in [5, 5.41) is 2.84. The number of amides is 2. The number of anilines is 1. The number of aromatic nitrogens is 1. The number of sulfone groups is 1. The Kier molecular flexibility index (Phi) is 8.70. The lowest BCUT2D eigenvalue weighted by Crippen LogP contribution is -2.28. The second kappa shape index (κ2) is 11.6. The number of allylic oxidation sites excluding steroid dienone is 1. The molecular weight excluding hydrogens is 614 g/mol. The first kappa shape index (κ1) is 28.4. The van der Waals surface area contributed by atoms with Crippen LogP contribution in [0.4, 0.5) is 5.00 Å². The molecule has 0 spiro atoms. The van der Waals surface area contributed by atoms with Crippen LogP contribution in [0.3, 0.4) is 0 Å². The van der Waals surface area contributed by atoms with Gasteiger partial charge in [0.25, 0.3) is 5.91 Å². The minimum Gasteiger partial charge on any atom is -0.465 e. The number of hydrogen-bond acceptors (Lipinski definition) is 8. The molecule has 38 heavy (non-hydrogen) atoms. The van der Waals surface area contributed by atoms with E-state index in [4.69, 9.17) is 4.74 Å². The highest BCUT2D eigenvalue weighted by Gasteiger charge is 2.30. The number of esters is 1. The number of carbonyl (C=O) groups excluding carboxylic acids is 3. The summed E-state index contributed by atoms with van der Waals surface area (Å²) in [4.78, 5) is 43.1. The van der Waals surface area contributed by atoms with Crippen molar-refractivity contribution in [1.82, 2.24) is 4.57 Å². The number of rotatable bonds is 8. The number of ether oxygens (including phenoxy) is 1. The lowest BCUT2D eigenvalue weighted by atomic mass is 9.88. The van der Waals surface area contributed by atoms with Crippen molar-refractivity contribution in [3.63, 3.8) is 0 Å². The molecule has 3 aromatic rings. The Labute approximate surface area is 236 Å². The van der Waals surface area contributed by atoms with Gasteiger partial charge in [0.2, 0.25) is 5.91 Å². The molecule has 0 saturated heterocycles. The molecule has 1 aliphatic rings. The molecule has 1 aliphatic carbocycles. The van der Waals surface area contributed by atoms with Gasteiger partial charge in [0.05, 0.1) is 22.9 Å². The van der Waals surface area contributed by atoms with E-state index in [0.717, 1.165) is 38.0 Å². The number of thiophene rings is 1. The molecule has 0 aliphatic heterocycles. The third-order valence-corrected chi connectivity index (χ3v) is 10.1. The van der Waals surface area contributed by atoms with Gasteiger partial charge in [0.15, 0.2) is 14.6 Å². The number of thiazole rings is 1. The van der Waals surface area contributed by atoms with Gasteiger partial charge < -0.3 is 14.6 Å². The van der Waals surface area contributed by atoms with Crippen LogP contribution in [0.25, 0.3) is 10.2 Å². The molecular formula is C25H26BrN3O6S3. The molecule has 4 rings (SSSR count). The molecule has 1 N–H and O–H groups in total. The quantitative estimate of drug-likeness (QED) is 0.292. The molecule has 1 atom stereocenters. The van der Waals surface area contributed by atoms with E-state index in [1.807, 2.05) is 18.2 Å². The van der Waals surface area contributed by atoms with E-state index in [-0.39, 0.29) is 10.6 Å². The van der Waals surface area contributed by atoms with Crippen molar-refractivity contribution < 1.29 is 27.5 Å². The third kappa shape index (κ3) is 6.33. The predicted molar refractivity (Wildman–Crippen MR) is 152 cm³/mol. The van der Waals surface area contributed by atoms with E-state index in [0.29, 0.717) is 23.7 Å². The van der Waals surface area contributed by atoms with Crippen LogP contribution in [0.2, 0.25) is 0 Å². The van der Waals surface area contributed by atoms with Crippen LogP contribution in [0.15, 0.2) is 40.3 Å². The van der Waals surface area contributed by atoms with Gasteiger partial charge >= 0.3 is 5.97 Å². The molecule has 1 aromatic carbocycles. The maximum absolute atomic E-state index is 12.7. The number of methoxy groups -OCH3 is 1. The van der Waals surface area contributed by atoms with Crippen molar-refractivity contribution in [1.29, 1.82) is 0 Å². The van der Waals surface area contributed by atoms with Crippen LogP contribution in [0.1, 0.15) is 34.1 Å². The van der Waals surface area contributed by atoms with E-state index in [2.05, 4.69) is 39.7 Å². The van der Waals surface area contributed by atoms with E-state index in [1.165, 1.54) is 29.8 Å². The number of hydrogen-bond donors (Lipinski definition) is 1. The van der Waals surface area contributed by atoms with Gasteiger partial charge in [-0.2, -0.15) is 4.99 Å². The Morgan fingerprint density at radius 3 is 2.76 bits per heavy atom. The summed E-state index contributed by atoms with van der Waals surface area (Å²) >= 11 is 5.93. The number of carbonyl (C=O) groups is 3. The van der Waals surface area contributed by atoms with Crippen molar-refractivity contribution in [3.05, 3.63) is 56.1 Å². The number of fused-ring (bicyclic) bond motifs is 2. The fraction of sp³-hybridized carbons (Fsp3) is 0.360. The van der Waals surface area contributed by atoms with Crippen molar-refractivity contribution in [3.8, 4) is 0 Å². The second-order valence-corrected chi connectivity index (χ2v) is 14.1. The van der Waals surface area contributed by atoms with Gasteiger partial charge in [-0.3, -0.25) is 9.59 Å². The Morgan fingerprint density at radius 2 is 2.05 bits per heavy atom. The molecule has 1 unspecified atom stereocenters. The molecule has 0 radical (unpaired) electrons. The van der Waals surface area contributed by atoms with Gasteiger partial charge in [-0.1, -0.05) is 40.3 Å². The fourth-order valence-corrected chi connectivity index (χ4v) is 8.37. The summed E-state index contributed by atoms with van der Waals surface area (Å²) in [6, 6.07) is 5.62. The van der Waals surface area contributed by atoms with Gasteiger partial charge in [0, 0.05) is 15.9 Å². The van der Waals surface area contributed by atoms with E-state index >= 15 is 0 Å². The first-order valence-electron chi connectivity index (χ1n) is 11.7. The van der Waals surface area contributed by atoms with Gasteiger partial charge in [-0.15, -0.1) is 17.9 Å². The lowest BCUT2D eigenvalue weighted by molar-refractivity contribution is -0.115. The smallest absolute Gasteiger partial charge is 0.341 e. The standard InChI is InChI=1S/C25H26BrN3O6S3/c1-4-9-29-17-8-6-15(26)11-19(17)37-25(29)28-21(31)13-38(33,34)12-20(30)27-23-22(24(32)35-3)16-7-5-14(2)10-18(16)36-23/h4,6,8,11,14H,1,5,7,9-10,12-13H2,2-3H3,(H,27,30). The van der Waals surface area contributed by atoms with Crippen LogP contribution in [0.5, 0.6) is 0 Å². The van der Waals surface area contributed by atoms with E-state index in [1.54, 1.807) is 10.6 Å². The van der Waals surface area contributed by atoms with Crippen LogP contribution < -0.4 is 10.1 Å². The molecule has 202 valence electrons. The highest BCUT2D eigenvalue weighted by molar-refractivity contribution is 9.10. The third-order valence-electron chi connectivity index (χ3n) is 6.03. The molecule has 13 heteroatoms. The second-order valence-electron chi connectivity index (χ2n) is 9.03. The zero-order chi connectivity index (χ0) is 27.6. The van der Waals surface area contributed by atoms with Crippen LogP contribution in [0, 0.1) is 5.92 Å². The Morgan fingerprint density at radius 1 is 1.29 bits per heavy atom. The monoisotopic (exact) mass is 639 g/mol. The summed E-state index contributed by atoms with van der Waals surface area (Å²) in [6.45, 7) is 6.23. The molecule has 9 nitrogen and oxygen atoms in total. The summed E-state index contributed by atoms with van der Waals surface area (Å²) in [6.07, 6.45) is 4.02. The van der Waals surface area contributed by atoms with Crippen molar-refractivity contribution >= 4 is 81.4 Å². The first-order valence-corrected chi connectivity index (χ1v) is 16.0. The van der Waals surface area contributed by atoms with Gasteiger partial charge in [-0.05, 0) is 48.9 Å². The van der Waals surface area contributed by atoms with Gasteiger partial charge in [0.1, 0.15) is 16.5 Å². The van der Waals surface area contributed by atoms with E-state index < -0.39 is 39.1 Å². The highest BCUT2D eigenvalue weighted by atomic mass is 79.9. The Balaban J connectivity index is 1.51. The van der Waals surface area contributed by atoms with Crippen molar-refractivity contribution in [2.45, 2.75) is 32.7 Å². The maximum atomic E-state index is 12.7. The minimum atomic E-state index is -4.13. The summed E-state index contributed by atoms with van der Waals surface area (Å²) < 4.78 is 33.8. The largest absolute Gasteiger partial charge is 0.465 e. The average molecular weight is 641 g/mol. The maximum Gasteiger partial charge on any atom is 0.341 e. The van der Waals surface area contributed by atoms with Crippen LogP contribution >= 0.6 is 38.6 Å². The number of nitrogens with zero attached hydrogens (tertiary/aromatic N) is 2. The zero-order valence-electron chi connectivity index (χ0n) is 20.8. The average Bonchev–Trinajstić information content (AvgIpc) is 3.34. The highest BCUT2D eigenvalue weighted by Crippen LogP contribution is 2.40. The molecule has 0 saturated carbocycles. The number of halogens is 1. The van der Waals surface area contributed by atoms with Crippen LogP contribution in [-0.4, -0.2) is 49.4 Å². The van der Waals surface area contributed by atoms with Crippen molar-refractivity contribution in [2.75, 3.05) is 23.9 Å². The fourth-order valence-electron chi connectivity index (χ4n) is 4.34. The van der Waals surface area contributed by atoms with Gasteiger partial charge in [-0.25, -0.2) is 13.2 Å². The van der Waals surface area contributed by atoms with E-state index in [9.17, 15) is 22.8 Å². The normalized spacial score (nSPS) is 15.8. The molecule has 0 fully saturated rings. The summed E-state index contributed by atoms with van der Waals surface area (Å²) in [7, 11) is -2.87. The lowest BCUT2D eigenvalue weighted by Gasteiger charge is -2.18. The zero-order valence-corrected chi connectivity index (χ0v) is 24.8. The topological polar surface area (TPSA) is 124 Å². The van der Waals surface area contributed by atoms with Crippen molar-refractivity contribution in [2.24, 2.45) is 10.9 Å². The Hall–Kier alpha value is -2.61. The first-order chi connectivity index (χ1) is 18.0. The molecule has 2 aromatic heterocycles. The summed E-state index contributed by atoms with van der Waals surface area (Å²) in [5.41, 5.74) is 1.95. The molecule has 2 heterocycles. The number of benzene rings is 1. The molecule has 2 amide bonds. The Bertz CT molecular complexity index is 1620. The molecule has 0 bridgehead atoms. The predicted octanol–water partition coefficient (Wildman–Crippen LogP) is 4.11. The summed E-state index contributed by atoms with van der Waals surface area (Å²) in [5.74, 6) is -3.68. The SMILES string of the molecule is C=CCn1c(=NC(=O)CS(=O)(=O)CC(=O)Nc2sc3c(c2C(=O)OC)CCC(C)C3)sc2cc(Br)ccc21. The van der Waals surface area contributed by atoms with Crippen LogP contribution in [-0.2, 0) is 43.5 Å².